The van der Waals surface area contributed by atoms with Crippen molar-refractivity contribution in [3.63, 3.8) is 0 Å². The first-order valence-corrected chi connectivity index (χ1v) is 10.9. The van der Waals surface area contributed by atoms with Crippen molar-refractivity contribution in [1.82, 2.24) is 9.88 Å². The van der Waals surface area contributed by atoms with Gasteiger partial charge in [-0.2, -0.15) is 0 Å². The number of carbonyl (C=O) groups is 1. The van der Waals surface area contributed by atoms with Crippen molar-refractivity contribution in [3.05, 3.63) is 53.2 Å². The number of benzene rings is 1. The van der Waals surface area contributed by atoms with Crippen LogP contribution < -0.4 is 9.80 Å². The Kier molecular flexibility index (Phi) is 6.02. The van der Waals surface area contributed by atoms with E-state index in [0.717, 1.165) is 50.6 Å². The van der Waals surface area contributed by atoms with Crippen LogP contribution >= 0.6 is 0 Å². The highest BCUT2D eigenvalue weighted by atomic mass is 16.2. The van der Waals surface area contributed by atoms with Crippen LogP contribution in [0.1, 0.15) is 47.2 Å². The predicted molar refractivity (Wildman–Crippen MR) is 119 cm³/mol. The molecule has 2 aliphatic rings. The van der Waals surface area contributed by atoms with E-state index in [1.54, 1.807) is 6.20 Å². The molecule has 0 spiro atoms. The van der Waals surface area contributed by atoms with Crippen LogP contribution in [0.2, 0.25) is 0 Å². The summed E-state index contributed by atoms with van der Waals surface area (Å²) in [5, 5.41) is 0. The van der Waals surface area contributed by atoms with E-state index < -0.39 is 0 Å². The van der Waals surface area contributed by atoms with Gasteiger partial charge in [-0.1, -0.05) is 25.0 Å². The highest BCUT2D eigenvalue weighted by molar-refractivity contribution is 5.95. The molecule has 3 heterocycles. The van der Waals surface area contributed by atoms with Gasteiger partial charge in [-0.25, -0.2) is 4.98 Å². The van der Waals surface area contributed by atoms with Crippen molar-refractivity contribution in [2.24, 2.45) is 0 Å². The first kappa shape index (κ1) is 19.7. The van der Waals surface area contributed by atoms with Crippen molar-refractivity contribution in [3.8, 4) is 0 Å². The number of aryl methyl sites for hydroxylation is 1. The van der Waals surface area contributed by atoms with Crippen LogP contribution in [-0.2, 0) is 0 Å². The minimum absolute atomic E-state index is 0.129. The number of aromatic nitrogens is 1. The minimum atomic E-state index is 0.129. The Bertz CT molecular complexity index is 850. The summed E-state index contributed by atoms with van der Waals surface area (Å²) in [5.41, 5.74) is 4.71. The average Bonchev–Trinajstić information content (AvgIpc) is 3.05. The van der Waals surface area contributed by atoms with Crippen molar-refractivity contribution in [2.75, 3.05) is 49.1 Å². The molecule has 2 fully saturated rings. The molecule has 154 valence electrons. The number of rotatable bonds is 3. The summed E-state index contributed by atoms with van der Waals surface area (Å²) in [6.07, 6.45) is 6.79. The third-order valence-corrected chi connectivity index (χ3v) is 6.41. The van der Waals surface area contributed by atoms with Gasteiger partial charge in [0.1, 0.15) is 5.82 Å². The van der Waals surface area contributed by atoms with Gasteiger partial charge in [0, 0.05) is 56.7 Å². The Labute approximate surface area is 174 Å². The molecule has 2 aromatic rings. The topological polar surface area (TPSA) is 39.7 Å². The van der Waals surface area contributed by atoms with Gasteiger partial charge in [-0.15, -0.1) is 0 Å². The smallest absolute Gasteiger partial charge is 0.254 e. The Morgan fingerprint density at radius 1 is 0.862 bits per heavy atom. The van der Waals surface area contributed by atoms with Crippen molar-refractivity contribution < 1.29 is 4.79 Å². The van der Waals surface area contributed by atoms with Crippen LogP contribution in [0.4, 0.5) is 11.5 Å². The zero-order valence-corrected chi connectivity index (χ0v) is 17.7. The molecule has 0 aliphatic carbocycles. The van der Waals surface area contributed by atoms with E-state index in [0.29, 0.717) is 0 Å². The molecule has 2 aliphatic heterocycles. The summed E-state index contributed by atoms with van der Waals surface area (Å²) in [6.45, 7) is 9.69. The normalized spacial score (nSPS) is 17.9. The largest absolute Gasteiger partial charge is 0.368 e. The maximum absolute atomic E-state index is 13.1. The van der Waals surface area contributed by atoms with Gasteiger partial charge in [0.25, 0.3) is 5.91 Å². The quantitative estimate of drug-likeness (QED) is 0.790. The van der Waals surface area contributed by atoms with E-state index >= 15 is 0 Å². The number of carbonyl (C=O) groups excluding carboxylic acids is 1. The summed E-state index contributed by atoms with van der Waals surface area (Å²) in [7, 11) is 0. The third kappa shape index (κ3) is 4.39. The van der Waals surface area contributed by atoms with Crippen molar-refractivity contribution in [2.45, 2.75) is 39.5 Å². The van der Waals surface area contributed by atoms with Crippen LogP contribution in [0.15, 0.2) is 36.5 Å². The SMILES string of the molecule is Cc1cccc(N2CCN(C(=O)c3ccnc(N4CCCCCC4)c3)CC2)c1C. The Hall–Kier alpha value is -2.56. The summed E-state index contributed by atoms with van der Waals surface area (Å²) >= 11 is 0. The zero-order chi connectivity index (χ0) is 20.2. The molecule has 29 heavy (non-hydrogen) atoms. The molecule has 4 rings (SSSR count). The van der Waals surface area contributed by atoms with Gasteiger partial charge in [-0.05, 0) is 56.0 Å². The van der Waals surface area contributed by atoms with E-state index in [4.69, 9.17) is 0 Å². The lowest BCUT2D eigenvalue weighted by molar-refractivity contribution is 0.0746. The number of amides is 1. The molecule has 1 aromatic heterocycles. The lowest BCUT2D eigenvalue weighted by atomic mass is 10.1. The Balaban J connectivity index is 1.42. The molecule has 5 heteroatoms. The number of hydrogen-bond acceptors (Lipinski definition) is 4. The van der Waals surface area contributed by atoms with Gasteiger partial charge in [0.05, 0.1) is 0 Å². The Morgan fingerprint density at radius 2 is 1.59 bits per heavy atom. The van der Waals surface area contributed by atoms with Crippen LogP contribution in [0.25, 0.3) is 0 Å². The van der Waals surface area contributed by atoms with Crippen LogP contribution in [0, 0.1) is 13.8 Å². The number of anilines is 2. The molecule has 0 N–H and O–H groups in total. The first-order chi connectivity index (χ1) is 14.1. The van der Waals surface area contributed by atoms with E-state index in [2.05, 4.69) is 46.8 Å². The highest BCUT2D eigenvalue weighted by Gasteiger charge is 2.24. The molecular formula is C24H32N4O. The maximum Gasteiger partial charge on any atom is 0.254 e. The van der Waals surface area contributed by atoms with Crippen molar-refractivity contribution in [1.29, 1.82) is 0 Å². The summed E-state index contributed by atoms with van der Waals surface area (Å²) in [6, 6.07) is 10.3. The second kappa shape index (κ2) is 8.85. The van der Waals surface area contributed by atoms with Gasteiger partial charge in [-0.3, -0.25) is 4.79 Å². The minimum Gasteiger partial charge on any atom is -0.368 e. The number of pyridine rings is 1. The van der Waals surface area contributed by atoms with Crippen LogP contribution in [-0.4, -0.2) is 55.1 Å². The molecular weight excluding hydrogens is 360 g/mol. The number of nitrogens with zero attached hydrogens (tertiary/aromatic N) is 4. The molecule has 0 atom stereocenters. The first-order valence-electron chi connectivity index (χ1n) is 10.9. The fourth-order valence-electron chi connectivity index (χ4n) is 4.44. The van der Waals surface area contributed by atoms with Gasteiger partial charge >= 0.3 is 0 Å². The third-order valence-electron chi connectivity index (χ3n) is 6.41. The molecule has 1 amide bonds. The summed E-state index contributed by atoms with van der Waals surface area (Å²) in [4.78, 5) is 24.4. The molecule has 1 aromatic carbocycles. The highest BCUT2D eigenvalue weighted by Crippen LogP contribution is 2.25. The number of piperazine rings is 1. The van der Waals surface area contributed by atoms with Crippen LogP contribution in [0.5, 0.6) is 0 Å². The predicted octanol–water partition coefficient (Wildman–Crippen LogP) is 4.04. The van der Waals surface area contributed by atoms with E-state index in [-0.39, 0.29) is 5.91 Å². The fraction of sp³-hybridized carbons (Fsp3) is 0.500. The van der Waals surface area contributed by atoms with Crippen LogP contribution in [0.3, 0.4) is 0 Å². The molecule has 2 saturated heterocycles. The molecule has 0 radical (unpaired) electrons. The second-order valence-electron chi connectivity index (χ2n) is 8.30. The van der Waals surface area contributed by atoms with Crippen molar-refractivity contribution >= 4 is 17.4 Å². The van der Waals surface area contributed by atoms with Gasteiger partial charge in [0.15, 0.2) is 0 Å². The lowest BCUT2D eigenvalue weighted by Crippen LogP contribution is -2.49. The summed E-state index contributed by atoms with van der Waals surface area (Å²) in [5.74, 6) is 1.08. The molecule has 0 bridgehead atoms. The fourth-order valence-corrected chi connectivity index (χ4v) is 4.44. The Morgan fingerprint density at radius 3 is 2.31 bits per heavy atom. The molecule has 0 saturated carbocycles. The lowest BCUT2D eigenvalue weighted by Gasteiger charge is -2.37. The second-order valence-corrected chi connectivity index (χ2v) is 8.30. The molecule has 0 unspecified atom stereocenters. The van der Waals surface area contributed by atoms with E-state index in [9.17, 15) is 4.79 Å². The van der Waals surface area contributed by atoms with E-state index in [1.807, 2.05) is 17.0 Å². The standard InChI is InChI=1S/C24H32N4O/c1-19-8-7-9-22(20(19)2)26-14-16-28(17-15-26)24(29)21-10-11-25-23(18-21)27-12-5-3-4-6-13-27/h7-11,18H,3-6,12-17H2,1-2H3. The average molecular weight is 393 g/mol. The zero-order valence-electron chi connectivity index (χ0n) is 17.7. The summed E-state index contributed by atoms with van der Waals surface area (Å²) < 4.78 is 0. The maximum atomic E-state index is 13.1. The molecule has 5 nitrogen and oxygen atoms in total. The van der Waals surface area contributed by atoms with E-state index in [1.165, 1.54) is 42.5 Å². The number of hydrogen-bond donors (Lipinski definition) is 0. The van der Waals surface area contributed by atoms with Gasteiger partial charge in [0.2, 0.25) is 0 Å². The van der Waals surface area contributed by atoms with Gasteiger partial charge < -0.3 is 14.7 Å². The monoisotopic (exact) mass is 392 g/mol.